The van der Waals surface area contributed by atoms with Crippen molar-refractivity contribution >= 4 is 0 Å². The van der Waals surface area contributed by atoms with E-state index in [1.807, 2.05) is 0 Å². The summed E-state index contributed by atoms with van der Waals surface area (Å²) in [6, 6.07) is 0.399. The summed E-state index contributed by atoms with van der Waals surface area (Å²) < 4.78 is 0. The van der Waals surface area contributed by atoms with Crippen LogP contribution in [-0.2, 0) is 0 Å². The van der Waals surface area contributed by atoms with E-state index in [1.165, 1.54) is 51.4 Å². The second-order valence-electron chi connectivity index (χ2n) is 5.07. The van der Waals surface area contributed by atoms with Gasteiger partial charge in [-0.05, 0) is 19.3 Å². The molecule has 86 valence electrons. The molecular weight excluding hydrogens is 170 g/mol. The van der Waals surface area contributed by atoms with Crippen LogP contribution in [0.4, 0.5) is 0 Å². The van der Waals surface area contributed by atoms with Crippen LogP contribution >= 0.6 is 0 Å². The first-order valence-electron chi connectivity index (χ1n) is 6.38. The molecule has 0 aromatic rings. The van der Waals surface area contributed by atoms with Crippen molar-refractivity contribution in [3.8, 4) is 0 Å². The van der Waals surface area contributed by atoms with Gasteiger partial charge in [0.05, 0.1) is 0 Å². The van der Waals surface area contributed by atoms with Crippen LogP contribution in [0.2, 0.25) is 0 Å². The number of hydrogen-bond acceptors (Lipinski definition) is 1. The number of unbranched alkanes of at least 4 members (excludes halogenated alkanes) is 5. The van der Waals surface area contributed by atoms with E-state index < -0.39 is 0 Å². The van der Waals surface area contributed by atoms with E-state index >= 15 is 0 Å². The molecule has 0 unspecified atom stereocenters. The zero-order valence-electron chi connectivity index (χ0n) is 10.4. The van der Waals surface area contributed by atoms with Crippen LogP contribution in [0.1, 0.15) is 72.1 Å². The third-order valence-electron chi connectivity index (χ3n) is 2.69. The van der Waals surface area contributed by atoms with Crippen LogP contribution in [0.25, 0.3) is 0 Å². The summed E-state index contributed by atoms with van der Waals surface area (Å²) in [5.74, 6) is 0.882. The summed E-state index contributed by atoms with van der Waals surface area (Å²) in [5, 5.41) is 0. The molecular formula is C13H29N. The lowest BCUT2D eigenvalue weighted by atomic mass is 10.0. The zero-order chi connectivity index (χ0) is 10.8. The van der Waals surface area contributed by atoms with E-state index in [1.54, 1.807) is 0 Å². The molecule has 14 heavy (non-hydrogen) atoms. The summed E-state index contributed by atoms with van der Waals surface area (Å²) in [7, 11) is 0. The van der Waals surface area contributed by atoms with Crippen molar-refractivity contribution in [2.24, 2.45) is 11.7 Å². The fourth-order valence-electron chi connectivity index (χ4n) is 1.73. The molecule has 1 nitrogen and oxygen atoms in total. The Morgan fingerprint density at radius 3 is 1.57 bits per heavy atom. The van der Waals surface area contributed by atoms with Gasteiger partial charge in [0.2, 0.25) is 0 Å². The third-order valence-corrected chi connectivity index (χ3v) is 2.69. The lowest BCUT2D eigenvalue weighted by Gasteiger charge is -2.05. The summed E-state index contributed by atoms with van der Waals surface area (Å²) in [6.07, 6.45) is 11.0. The molecule has 1 atom stereocenters. The van der Waals surface area contributed by atoms with Gasteiger partial charge in [-0.15, -0.1) is 0 Å². The maximum Gasteiger partial charge on any atom is 0.00104 e. The molecule has 0 spiro atoms. The van der Waals surface area contributed by atoms with Gasteiger partial charge in [-0.25, -0.2) is 0 Å². The minimum absolute atomic E-state index is 0.399. The average Bonchev–Trinajstić information content (AvgIpc) is 2.08. The van der Waals surface area contributed by atoms with E-state index in [0.29, 0.717) is 6.04 Å². The molecule has 0 fully saturated rings. The number of rotatable bonds is 9. The van der Waals surface area contributed by atoms with E-state index in [2.05, 4.69) is 20.8 Å². The van der Waals surface area contributed by atoms with Gasteiger partial charge in [-0.1, -0.05) is 58.8 Å². The van der Waals surface area contributed by atoms with Crippen LogP contribution in [-0.4, -0.2) is 6.04 Å². The maximum absolute atomic E-state index is 5.69. The Hall–Kier alpha value is -0.0400. The highest BCUT2D eigenvalue weighted by molar-refractivity contribution is 4.54. The first-order valence-corrected chi connectivity index (χ1v) is 6.38. The van der Waals surface area contributed by atoms with Crippen molar-refractivity contribution in [3.05, 3.63) is 0 Å². The fourth-order valence-corrected chi connectivity index (χ4v) is 1.73. The van der Waals surface area contributed by atoms with Crippen LogP contribution in [0.5, 0.6) is 0 Å². The third kappa shape index (κ3) is 12.0. The van der Waals surface area contributed by atoms with Gasteiger partial charge in [0, 0.05) is 6.04 Å². The molecule has 1 heteroatoms. The quantitative estimate of drug-likeness (QED) is 0.556. The highest BCUT2D eigenvalue weighted by atomic mass is 14.6. The van der Waals surface area contributed by atoms with Crippen LogP contribution in [0.3, 0.4) is 0 Å². The summed E-state index contributed by atoms with van der Waals surface area (Å²) >= 11 is 0. The molecule has 0 saturated heterocycles. The summed E-state index contributed by atoms with van der Waals surface area (Å²) in [6.45, 7) is 6.72. The van der Waals surface area contributed by atoms with Crippen molar-refractivity contribution in [2.45, 2.75) is 78.2 Å². The Bertz CT molecular complexity index is 93.8. The van der Waals surface area contributed by atoms with Gasteiger partial charge in [0.15, 0.2) is 0 Å². The van der Waals surface area contributed by atoms with Crippen molar-refractivity contribution in [1.82, 2.24) is 0 Å². The molecule has 0 heterocycles. The van der Waals surface area contributed by atoms with Gasteiger partial charge in [-0.2, -0.15) is 0 Å². The second-order valence-corrected chi connectivity index (χ2v) is 5.07. The van der Waals surface area contributed by atoms with Crippen molar-refractivity contribution < 1.29 is 0 Å². The Labute approximate surface area is 90.5 Å². The Kier molecular flexibility index (Phi) is 9.49. The summed E-state index contributed by atoms with van der Waals surface area (Å²) in [5.41, 5.74) is 5.69. The van der Waals surface area contributed by atoms with Gasteiger partial charge >= 0.3 is 0 Å². The van der Waals surface area contributed by atoms with Crippen LogP contribution < -0.4 is 5.73 Å². The second kappa shape index (κ2) is 9.51. The highest BCUT2D eigenvalue weighted by Crippen LogP contribution is 2.12. The Morgan fingerprint density at radius 1 is 0.714 bits per heavy atom. The predicted molar refractivity (Wildman–Crippen MR) is 65.4 cm³/mol. The lowest BCUT2D eigenvalue weighted by molar-refractivity contribution is 0.503. The van der Waals surface area contributed by atoms with Gasteiger partial charge < -0.3 is 5.73 Å². The monoisotopic (exact) mass is 199 g/mol. The molecule has 2 N–H and O–H groups in total. The normalized spacial score (nSPS) is 13.5. The minimum Gasteiger partial charge on any atom is -0.328 e. The number of hydrogen-bond donors (Lipinski definition) is 1. The smallest absolute Gasteiger partial charge is 0.00104 e. The minimum atomic E-state index is 0.399. The molecule has 0 amide bonds. The average molecular weight is 199 g/mol. The van der Waals surface area contributed by atoms with Crippen LogP contribution in [0, 0.1) is 5.92 Å². The Balaban J connectivity index is 2.92. The largest absolute Gasteiger partial charge is 0.328 e. The zero-order valence-corrected chi connectivity index (χ0v) is 10.4. The molecule has 0 radical (unpaired) electrons. The first kappa shape index (κ1) is 14.0. The molecule has 0 aliphatic carbocycles. The van der Waals surface area contributed by atoms with E-state index in [4.69, 9.17) is 5.73 Å². The SMILES string of the molecule is CC(C)CCCCCCCC[C@@H](C)N. The highest BCUT2D eigenvalue weighted by Gasteiger charge is 1.96. The van der Waals surface area contributed by atoms with Crippen LogP contribution in [0.15, 0.2) is 0 Å². The number of nitrogens with two attached hydrogens (primary N) is 1. The van der Waals surface area contributed by atoms with Gasteiger partial charge in [-0.3, -0.25) is 0 Å². The maximum atomic E-state index is 5.69. The fraction of sp³-hybridized carbons (Fsp3) is 1.00. The van der Waals surface area contributed by atoms with E-state index in [0.717, 1.165) is 5.92 Å². The van der Waals surface area contributed by atoms with Gasteiger partial charge in [0.25, 0.3) is 0 Å². The van der Waals surface area contributed by atoms with E-state index in [9.17, 15) is 0 Å². The topological polar surface area (TPSA) is 26.0 Å². The molecule has 0 aliphatic rings. The molecule has 0 saturated carbocycles. The molecule has 0 aromatic carbocycles. The van der Waals surface area contributed by atoms with Gasteiger partial charge in [0.1, 0.15) is 0 Å². The molecule has 0 aliphatic heterocycles. The molecule has 0 aromatic heterocycles. The molecule has 0 bridgehead atoms. The first-order chi connectivity index (χ1) is 6.63. The van der Waals surface area contributed by atoms with Crippen molar-refractivity contribution in [3.63, 3.8) is 0 Å². The van der Waals surface area contributed by atoms with Crippen molar-refractivity contribution in [2.75, 3.05) is 0 Å². The Morgan fingerprint density at radius 2 is 1.14 bits per heavy atom. The lowest BCUT2D eigenvalue weighted by Crippen LogP contribution is -2.13. The van der Waals surface area contributed by atoms with E-state index in [-0.39, 0.29) is 0 Å². The predicted octanol–water partition coefficient (Wildman–Crippen LogP) is 4.11. The standard InChI is InChI=1S/C13H29N/c1-12(2)10-8-6-4-5-7-9-11-13(3)14/h12-13H,4-11,14H2,1-3H3/t13-/m1/s1. The molecule has 0 rings (SSSR count). The summed E-state index contributed by atoms with van der Waals surface area (Å²) in [4.78, 5) is 0. The van der Waals surface area contributed by atoms with Crippen molar-refractivity contribution in [1.29, 1.82) is 0 Å².